The van der Waals surface area contributed by atoms with Gasteiger partial charge in [-0.1, -0.05) is 0 Å². The lowest BCUT2D eigenvalue weighted by Gasteiger charge is -2.42. The number of aliphatic hydroxyl groups excluding tert-OH is 1. The van der Waals surface area contributed by atoms with Crippen molar-refractivity contribution in [1.29, 1.82) is 0 Å². The van der Waals surface area contributed by atoms with Gasteiger partial charge in [-0.15, -0.1) is 0 Å². The summed E-state index contributed by atoms with van der Waals surface area (Å²) >= 11 is 0. The molecule has 7 heteroatoms. The van der Waals surface area contributed by atoms with Crippen LogP contribution in [0, 0.1) is 0 Å². The maximum Gasteiger partial charge on any atom is 0.337 e. The van der Waals surface area contributed by atoms with Crippen molar-refractivity contribution in [3.63, 3.8) is 0 Å². The van der Waals surface area contributed by atoms with Gasteiger partial charge in [-0.3, -0.25) is 4.79 Å². The molecule has 2 unspecified atom stereocenters. The molecule has 1 aliphatic heterocycles. The maximum absolute atomic E-state index is 12.3. The summed E-state index contributed by atoms with van der Waals surface area (Å²) in [4.78, 5) is 24.2. The van der Waals surface area contributed by atoms with Crippen molar-refractivity contribution in [2.45, 2.75) is 31.6 Å². The zero-order chi connectivity index (χ0) is 18.4. The van der Waals surface area contributed by atoms with E-state index in [2.05, 4.69) is 0 Å². The molecule has 2 aromatic rings. The molecule has 2 N–H and O–H groups in total. The summed E-state index contributed by atoms with van der Waals surface area (Å²) in [6.07, 6.45) is 0.344. The lowest BCUT2D eigenvalue weighted by molar-refractivity contribution is -0.0643. The Bertz CT molecular complexity index is 885. The molecule has 0 fully saturated rings. The highest BCUT2D eigenvalue weighted by atomic mass is 16.5. The number of nitrogens with zero attached hydrogens (tertiary/aromatic N) is 1. The fourth-order valence-electron chi connectivity index (χ4n) is 3.02. The van der Waals surface area contributed by atoms with E-state index >= 15 is 0 Å². The van der Waals surface area contributed by atoms with Gasteiger partial charge < -0.3 is 24.3 Å². The summed E-state index contributed by atoms with van der Waals surface area (Å²) in [5.74, 6) is -0.225. The van der Waals surface area contributed by atoms with Gasteiger partial charge in [0.2, 0.25) is 0 Å². The molecule has 0 saturated heterocycles. The van der Waals surface area contributed by atoms with Crippen molar-refractivity contribution < 1.29 is 24.5 Å². The molecule has 2 heterocycles. The van der Waals surface area contributed by atoms with E-state index in [1.807, 2.05) is 0 Å². The SMILES string of the molecule is COC(=O)c1ccc2c(c1)C(n1ccc(O)cc1=O)C(O)C(C)(C)O2. The largest absolute Gasteiger partial charge is 0.508 e. The average Bonchev–Trinajstić information content (AvgIpc) is 2.56. The summed E-state index contributed by atoms with van der Waals surface area (Å²) in [5, 5.41) is 20.3. The summed E-state index contributed by atoms with van der Waals surface area (Å²) in [7, 11) is 1.28. The zero-order valence-corrected chi connectivity index (χ0v) is 14.1. The van der Waals surface area contributed by atoms with E-state index < -0.39 is 29.3 Å². The first-order chi connectivity index (χ1) is 11.7. The number of hydrogen-bond donors (Lipinski definition) is 2. The molecule has 0 aliphatic carbocycles. The lowest BCUT2D eigenvalue weighted by atomic mass is 9.85. The fraction of sp³-hybridized carbons (Fsp3) is 0.333. The fourth-order valence-corrected chi connectivity index (χ4v) is 3.02. The standard InChI is InChI=1S/C18H19NO6/c1-18(2)16(22)15(19-7-6-11(20)9-14(19)21)12-8-10(17(23)24-3)4-5-13(12)25-18/h4-9,15-16,20,22H,1-3H3. The molecule has 1 aromatic heterocycles. The average molecular weight is 345 g/mol. The molecule has 25 heavy (non-hydrogen) atoms. The first kappa shape index (κ1) is 17.0. The molecule has 132 valence electrons. The Labute approximate surface area is 144 Å². The van der Waals surface area contributed by atoms with Crippen molar-refractivity contribution in [3.8, 4) is 11.5 Å². The third-order valence-corrected chi connectivity index (χ3v) is 4.37. The van der Waals surface area contributed by atoms with Crippen molar-refractivity contribution in [3.05, 3.63) is 58.0 Å². The third-order valence-electron chi connectivity index (χ3n) is 4.37. The number of benzene rings is 1. The van der Waals surface area contributed by atoms with E-state index in [1.54, 1.807) is 32.0 Å². The van der Waals surface area contributed by atoms with Crippen LogP contribution in [-0.4, -0.2) is 39.6 Å². The molecule has 3 rings (SSSR count). The number of ether oxygens (including phenoxy) is 2. The predicted molar refractivity (Wildman–Crippen MR) is 89.0 cm³/mol. The Morgan fingerprint density at radius 3 is 2.64 bits per heavy atom. The molecule has 0 spiro atoms. The number of rotatable bonds is 2. The Kier molecular flexibility index (Phi) is 4.04. The topological polar surface area (TPSA) is 98.0 Å². The van der Waals surface area contributed by atoms with Crippen LogP contribution in [0.4, 0.5) is 0 Å². The second kappa shape index (κ2) is 5.93. The van der Waals surface area contributed by atoms with Crippen LogP contribution in [0.2, 0.25) is 0 Å². The third kappa shape index (κ3) is 2.87. The van der Waals surface area contributed by atoms with Crippen LogP contribution in [0.25, 0.3) is 0 Å². The molecule has 0 bridgehead atoms. The number of hydrogen-bond acceptors (Lipinski definition) is 6. The van der Waals surface area contributed by atoms with E-state index in [1.165, 1.54) is 23.9 Å². The number of aromatic hydroxyl groups is 1. The second-order valence-electron chi connectivity index (χ2n) is 6.47. The number of carbonyl (C=O) groups excluding carboxylic acids is 1. The number of aromatic nitrogens is 1. The van der Waals surface area contributed by atoms with Gasteiger partial charge in [-0.05, 0) is 38.1 Å². The highest BCUT2D eigenvalue weighted by molar-refractivity contribution is 5.89. The lowest BCUT2D eigenvalue weighted by Crippen LogP contribution is -2.52. The first-order valence-corrected chi connectivity index (χ1v) is 7.75. The molecular weight excluding hydrogens is 326 g/mol. The van der Waals surface area contributed by atoms with Gasteiger partial charge in [0.25, 0.3) is 5.56 Å². The monoisotopic (exact) mass is 345 g/mol. The van der Waals surface area contributed by atoms with E-state index in [9.17, 15) is 19.8 Å². The zero-order valence-electron chi connectivity index (χ0n) is 14.1. The quantitative estimate of drug-likeness (QED) is 0.800. The number of carbonyl (C=O) groups is 1. The normalized spacial score (nSPS) is 21.1. The van der Waals surface area contributed by atoms with Gasteiger partial charge in [0.05, 0.1) is 18.7 Å². The number of aliphatic hydroxyl groups is 1. The summed E-state index contributed by atoms with van der Waals surface area (Å²) in [6, 6.07) is 6.38. The highest BCUT2D eigenvalue weighted by Crippen LogP contribution is 2.41. The predicted octanol–water partition coefficient (Wildman–Crippen LogP) is 1.46. The van der Waals surface area contributed by atoms with Gasteiger partial charge in [-0.2, -0.15) is 0 Å². The molecule has 7 nitrogen and oxygen atoms in total. The van der Waals surface area contributed by atoms with Gasteiger partial charge >= 0.3 is 5.97 Å². The van der Waals surface area contributed by atoms with Crippen molar-refractivity contribution >= 4 is 5.97 Å². The van der Waals surface area contributed by atoms with Crippen LogP contribution in [0.5, 0.6) is 11.5 Å². The number of methoxy groups -OCH3 is 1. The Morgan fingerprint density at radius 1 is 1.28 bits per heavy atom. The molecule has 2 atom stereocenters. The Hall–Kier alpha value is -2.80. The number of esters is 1. The summed E-state index contributed by atoms with van der Waals surface area (Å²) in [5.41, 5.74) is -0.658. The first-order valence-electron chi connectivity index (χ1n) is 7.75. The van der Waals surface area contributed by atoms with Crippen molar-refractivity contribution in [1.82, 2.24) is 4.57 Å². The summed E-state index contributed by atoms with van der Waals surface area (Å²) in [6.45, 7) is 3.43. The van der Waals surface area contributed by atoms with E-state index in [-0.39, 0.29) is 11.3 Å². The molecular formula is C18H19NO6. The molecule has 1 aliphatic rings. The van der Waals surface area contributed by atoms with Gasteiger partial charge in [-0.25, -0.2) is 4.79 Å². The molecule has 0 amide bonds. The summed E-state index contributed by atoms with van der Waals surface area (Å²) < 4.78 is 11.9. The van der Waals surface area contributed by atoms with Crippen LogP contribution < -0.4 is 10.3 Å². The van der Waals surface area contributed by atoms with Crippen LogP contribution in [0.1, 0.15) is 35.8 Å². The number of pyridine rings is 1. The van der Waals surface area contributed by atoms with E-state index in [4.69, 9.17) is 9.47 Å². The van der Waals surface area contributed by atoms with Crippen LogP contribution in [0.3, 0.4) is 0 Å². The van der Waals surface area contributed by atoms with E-state index in [0.717, 1.165) is 6.07 Å². The van der Waals surface area contributed by atoms with Crippen LogP contribution in [-0.2, 0) is 4.74 Å². The van der Waals surface area contributed by atoms with E-state index in [0.29, 0.717) is 11.3 Å². The van der Waals surface area contributed by atoms with Crippen molar-refractivity contribution in [2.24, 2.45) is 0 Å². The Balaban J connectivity index is 2.23. The Morgan fingerprint density at radius 2 is 2.00 bits per heavy atom. The molecule has 0 saturated carbocycles. The maximum atomic E-state index is 12.3. The minimum Gasteiger partial charge on any atom is -0.508 e. The molecule has 1 aromatic carbocycles. The number of fused-ring (bicyclic) bond motifs is 1. The van der Waals surface area contributed by atoms with Gasteiger partial charge in [0.1, 0.15) is 23.2 Å². The smallest absolute Gasteiger partial charge is 0.337 e. The minimum absolute atomic E-state index is 0.161. The molecule has 0 radical (unpaired) electrons. The van der Waals surface area contributed by atoms with Crippen LogP contribution in [0.15, 0.2) is 41.3 Å². The van der Waals surface area contributed by atoms with Crippen LogP contribution >= 0.6 is 0 Å². The minimum atomic E-state index is -1.06. The van der Waals surface area contributed by atoms with Gasteiger partial charge in [0.15, 0.2) is 0 Å². The second-order valence-corrected chi connectivity index (χ2v) is 6.47. The van der Waals surface area contributed by atoms with Gasteiger partial charge in [0, 0.05) is 17.8 Å². The van der Waals surface area contributed by atoms with Crippen molar-refractivity contribution in [2.75, 3.05) is 7.11 Å². The highest BCUT2D eigenvalue weighted by Gasteiger charge is 2.44.